The third-order valence-electron chi connectivity index (χ3n) is 4.14. The summed E-state index contributed by atoms with van der Waals surface area (Å²) in [4.78, 5) is 23.7. The molecule has 1 saturated carbocycles. The molecule has 1 heterocycles. The second-order valence-electron chi connectivity index (χ2n) is 5.78. The van der Waals surface area contributed by atoms with Gasteiger partial charge in [-0.05, 0) is 52.9 Å². The van der Waals surface area contributed by atoms with Crippen LogP contribution in [-0.2, 0) is 21.5 Å². The number of amides is 2. The van der Waals surface area contributed by atoms with Crippen LogP contribution in [0, 0.1) is 5.82 Å². The van der Waals surface area contributed by atoms with Crippen molar-refractivity contribution < 1.29 is 14.0 Å². The van der Waals surface area contributed by atoms with E-state index in [1.807, 2.05) is 16.8 Å². The van der Waals surface area contributed by atoms with Gasteiger partial charge in [0.05, 0.1) is 0 Å². The van der Waals surface area contributed by atoms with Crippen LogP contribution >= 0.6 is 11.3 Å². The first-order chi connectivity index (χ1) is 11.1. The fourth-order valence-corrected chi connectivity index (χ4v) is 3.18. The zero-order valence-corrected chi connectivity index (χ0v) is 13.3. The number of nitrogens with one attached hydrogen (secondary N) is 2. The van der Waals surface area contributed by atoms with Gasteiger partial charge in [0.25, 0.3) is 0 Å². The van der Waals surface area contributed by atoms with E-state index in [0.29, 0.717) is 13.1 Å². The molecule has 0 spiro atoms. The molecule has 2 amide bonds. The van der Waals surface area contributed by atoms with Crippen LogP contribution in [0.25, 0.3) is 0 Å². The van der Waals surface area contributed by atoms with Crippen LogP contribution in [0.3, 0.4) is 0 Å². The van der Waals surface area contributed by atoms with Gasteiger partial charge in [0.15, 0.2) is 0 Å². The van der Waals surface area contributed by atoms with Crippen molar-refractivity contribution in [1.82, 2.24) is 10.6 Å². The first kappa shape index (κ1) is 15.7. The molecule has 1 aliphatic rings. The number of hydrogen-bond donors (Lipinski definition) is 2. The van der Waals surface area contributed by atoms with Crippen molar-refractivity contribution in [2.75, 3.05) is 6.54 Å². The first-order valence-corrected chi connectivity index (χ1v) is 8.36. The number of rotatable bonds is 5. The molecule has 0 radical (unpaired) electrons. The zero-order valence-electron chi connectivity index (χ0n) is 12.5. The molecule has 0 atom stereocenters. The van der Waals surface area contributed by atoms with E-state index in [1.165, 1.54) is 12.1 Å². The average Bonchev–Trinajstić information content (AvgIpc) is 3.16. The molecule has 0 bridgehead atoms. The molecule has 1 aromatic heterocycles. The Hall–Kier alpha value is -2.21. The maximum atomic E-state index is 13.0. The maximum Gasteiger partial charge on any atom is 0.309 e. The third kappa shape index (κ3) is 3.76. The normalized spacial score (nSPS) is 15.0. The Morgan fingerprint density at radius 3 is 2.39 bits per heavy atom. The number of thiophene rings is 1. The minimum absolute atomic E-state index is 0.156. The van der Waals surface area contributed by atoms with E-state index in [0.717, 1.165) is 24.0 Å². The van der Waals surface area contributed by atoms with Crippen LogP contribution in [0.4, 0.5) is 4.39 Å². The van der Waals surface area contributed by atoms with Gasteiger partial charge in [0.2, 0.25) is 0 Å². The molecule has 2 N–H and O–H groups in total. The van der Waals surface area contributed by atoms with E-state index in [2.05, 4.69) is 10.6 Å². The lowest BCUT2D eigenvalue weighted by molar-refractivity contribution is -0.139. The molecule has 1 aliphatic carbocycles. The number of benzene rings is 1. The summed E-state index contributed by atoms with van der Waals surface area (Å²) in [5.74, 6) is -1.54. The van der Waals surface area contributed by atoms with E-state index >= 15 is 0 Å². The van der Waals surface area contributed by atoms with Gasteiger partial charge in [-0.1, -0.05) is 12.1 Å². The number of hydrogen-bond acceptors (Lipinski definition) is 3. The van der Waals surface area contributed by atoms with Crippen molar-refractivity contribution >= 4 is 23.2 Å². The van der Waals surface area contributed by atoms with Crippen LogP contribution in [0.1, 0.15) is 24.0 Å². The lowest BCUT2D eigenvalue weighted by Crippen LogP contribution is -2.42. The van der Waals surface area contributed by atoms with Crippen LogP contribution in [0.2, 0.25) is 0 Å². The predicted molar refractivity (Wildman–Crippen MR) is 86.5 cm³/mol. The topological polar surface area (TPSA) is 58.2 Å². The molecule has 0 aliphatic heterocycles. The Morgan fingerprint density at radius 1 is 1.09 bits per heavy atom. The summed E-state index contributed by atoms with van der Waals surface area (Å²) < 4.78 is 13.0. The Morgan fingerprint density at radius 2 is 1.78 bits per heavy atom. The molecular weight excluding hydrogens is 315 g/mol. The van der Waals surface area contributed by atoms with Gasteiger partial charge >= 0.3 is 11.8 Å². The smallest absolute Gasteiger partial charge is 0.309 e. The van der Waals surface area contributed by atoms with Gasteiger partial charge in [-0.3, -0.25) is 9.59 Å². The predicted octanol–water partition coefficient (Wildman–Crippen LogP) is 2.35. The van der Waals surface area contributed by atoms with E-state index in [-0.39, 0.29) is 11.2 Å². The highest BCUT2D eigenvalue weighted by Gasteiger charge is 2.44. The van der Waals surface area contributed by atoms with Crippen LogP contribution in [-0.4, -0.2) is 18.4 Å². The second kappa shape index (κ2) is 6.50. The Kier molecular flexibility index (Phi) is 4.43. The molecule has 0 saturated heterocycles. The minimum atomic E-state index is -0.633. The van der Waals surface area contributed by atoms with Crippen molar-refractivity contribution in [3.05, 3.63) is 58.0 Å². The highest BCUT2D eigenvalue weighted by molar-refractivity contribution is 7.07. The lowest BCUT2D eigenvalue weighted by atomic mass is 9.96. The number of carbonyl (C=O) groups excluding carboxylic acids is 2. The van der Waals surface area contributed by atoms with Crippen LogP contribution in [0.5, 0.6) is 0 Å². The van der Waals surface area contributed by atoms with Gasteiger partial charge in [0.1, 0.15) is 5.82 Å². The van der Waals surface area contributed by atoms with Gasteiger partial charge in [-0.2, -0.15) is 11.3 Å². The highest BCUT2D eigenvalue weighted by atomic mass is 32.1. The van der Waals surface area contributed by atoms with Crippen molar-refractivity contribution in [3.63, 3.8) is 0 Å². The fraction of sp³-hybridized carbons (Fsp3) is 0.294. The van der Waals surface area contributed by atoms with Gasteiger partial charge in [0, 0.05) is 18.5 Å². The summed E-state index contributed by atoms with van der Waals surface area (Å²) in [6, 6.07) is 8.22. The quantitative estimate of drug-likeness (QED) is 0.826. The summed E-state index contributed by atoms with van der Waals surface area (Å²) in [5, 5.41) is 9.12. The van der Waals surface area contributed by atoms with Crippen LogP contribution in [0.15, 0.2) is 41.1 Å². The van der Waals surface area contributed by atoms with E-state index in [9.17, 15) is 14.0 Å². The molecule has 1 fully saturated rings. The summed E-state index contributed by atoms with van der Waals surface area (Å²) in [7, 11) is 0. The summed E-state index contributed by atoms with van der Waals surface area (Å²) >= 11 is 1.54. The fourth-order valence-electron chi connectivity index (χ4n) is 2.51. The van der Waals surface area contributed by atoms with Crippen molar-refractivity contribution in [2.45, 2.75) is 24.8 Å². The molecule has 1 aromatic carbocycles. The van der Waals surface area contributed by atoms with E-state index in [1.54, 1.807) is 23.5 Å². The molecule has 120 valence electrons. The molecule has 4 nitrogen and oxygen atoms in total. The lowest BCUT2D eigenvalue weighted by Gasteiger charge is -2.16. The summed E-state index contributed by atoms with van der Waals surface area (Å²) in [5.41, 5.74) is 1.82. The standard InChI is InChI=1S/C17H17FN2O2S/c18-14-3-1-13(2-4-14)17(6-7-17)11-20-16(22)15(21)19-9-12-5-8-23-10-12/h1-5,8,10H,6-7,9,11H2,(H,19,21)(H,20,22). The van der Waals surface area contributed by atoms with Gasteiger partial charge in [-0.15, -0.1) is 0 Å². The van der Waals surface area contributed by atoms with Crippen molar-refractivity contribution in [1.29, 1.82) is 0 Å². The third-order valence-corrected chi connectivity index (χ3v) is 4.87. The monoisotopic (exact) mass is 332 g/mol. The maximum absolute atomic E-state index is 13.0. The first-order valence-electron chi connectivity index (χ1n) is 7.42. The molecule has 6 heteroatoms. The second-order valence-corrected chi connectivity index (χ2v) is 6.56. The summed E-state index contributed by atoms with van der Waals surface area (Å²) in [6.07, 6.45) is 1.85. The average molecular weight is 332 g/mol. The summed E-state index contributed by atoms with van der Waals surface area (Å²) in [6.45, 7) is 0.738. The van der Waals surface area contributed by atoms with Crippen molar-refractivity contribution in [2.24, 2.45) is 0 Å². The van der Waals surface area contributed by atoms with Crippen LogP contribution < -0.4 is 10.6 Å². The highest BCUT2D eigenvalue weighted by Crippen LogP contribution is 2.47. The van der Waals surface area contributed by atoms with Gasteiger partial charge in [-0.25, -0.2) is 4.39 Å². The minimum Gasteiger partial charge on any atom is -0.347 e. The Bertz CT molecular complexity index is 694. The molecule has 3 rings (SSSR count). The molecule has 2 aromatic rings. The van der Waals surface area contributed by atoms with E-state index in [4.69, 9.17) is 0 Å². The SMILES string of the molecule is O=C(NCc1ccsc1)C(=O)NCC1(c2ccc(F)cc2)CC1. The largest absolute Gasteiger partial charge is 0.347 e. The Labute approximate surface area is 137 Å². The van der Waals surface area contributed by atoms with Crippen molar-refractivity contribution in [3.8, 4) is 0 Å². The molecule has 23 heavy (non-hydrogen) atoms. The zero-order chi connectivity index (χ0) is 16.3. The molecule has 0 unspecified atom stereocenters. The Balaban J connectivity index is 1.50. The molecular formula is C17H17FN2O2S. The van der Waals surface area contributed by atoms with Gasteiger partial charge < -0.3 is 10.6 Å². The number of carbonyl (C=O) groups is 2. The number of halogens is 1. The van der Waals surface area contributed by atoms with E-state index < -0.39 is 11.8 Å².